The van der Waals surface area contributed by atoms with Crippen molar-refractivity contribution in [2.45, 2.75) is 6.92 Å². The Morgan fingerprint density at radius 2 is 2.28 bits per heavy atom. The van der Waals surface area contributed by atoms with Crippen LogP contribution in [-0.2, 0) is 0 Å². The molecule has 0 unspecified atom stereocenters. The van der Waals surface area contributed by atoms with E-state index in [9.17, 15) is 9.18 Å². The van der Waals surface area contributed by atoms with Crippen LogP contribution in [0.3, 0.4) is 0 Å². The number of amides is 1. The molecule has 0 radical (unpaired) electrons. The minimum Gasteiger partial charge on any atom is -0.409 e. The molecule has 98 valence electrons. The third-order valence-electron chi connectivity index (χ3n) is 2.33. The Hall–Kier alpha value is -1.82. The predicted molar refractivity (Wildman–Crippen MR) is 66.4 cm³/mol. The van der Waals surface area contributed by atoms with Gasteiger partial charge in [0.2, 0.25) is 0 Å². The monoisotopic (exact) mass is 273 g/mol. The summed E-state index contributed by atoms with van der Waals surface area (Å²) < 4.78 is 13.7. The number of amidine groups is 1. The maximum Gasteiger partial charge on any atom is 0.257 e. The quantitative estimate of drug-likeness (QED) is 0.379. The Morgan fingerprint density at radius 3 is 2.83 bits per heavy atom. The van der Waals surface area contributed by atoms with E-state index in [0.717, 1.165) is 0 Å². The van der Waals surface area contributed by atoms with Crippen molar-refractivity contribution in [1.29, 1.82) is 0 Å². The fourth-order valence-electron chi connectivity index (χ4n) is 1.39. The van der Waals surface area contributed by atoms with Crippen LogP contribution in [0.2, 0.25) is 5.02 Å². The van der Waals surface area contributed by atoms with Gasteiger partial charge in [-0.05, 0) is 19.1 Å². The summed E-state index contributed by atoms with van der Waals surface area (Å²) in [6.07, 6.45) is 0. The lowest BCUT2D eigenvalue weighted by molar-refractivity contribution is 0.0781. The van der Waals surface area contributed by atoms with E-state index in [4.69, 9.17) is 22.5 Å². The van der Waals surface area contributed by atoms with Crippen LogP contribution in [0, 0.1) is 5.82 Å². The van der Waals surface area contributed by atoms with Crippen LogP contribution >= 0.6 is 11.6 Å². The molecule has 1 rings (SSSR count). The molecule has 0 aliphatic heterocycles. The van der Waals surface area contributed by atoms with E-state index in [1.54, 1.807) is 6.92 Å². The number of hydrogen-bond donors (Lipinski definition) is 2. The number of benzene rings is 1. The number of halogens is 2. The Bertz CT molecular complexity index is 479. The Labute approximate surface area is 109 Å². The molecule has 0 bridgehead atoms. The molecule has 1 aromatic carbocycles. The first-order chi connectivity index (χ1) is 8.51. The highest BCUT2D eigenvalue weighted by Crippen LogP contribution is 2.19. The van der Waals surface area contributed by atoms with Crippen molar-refractivity contribution in [3.05, 3.63) is 34.6 Å². The molecule has 0 spiro atoms. The Morgan fingerprint density at radius 1 is 1.61 bits per heavy atom. The van der Waals surface area contributed by atoms with Gasteiger partial charge in [0.05, 0.1) is 17.1 Å². The van der Waals surface area contributed by atoms with E-state index in [0.29, 0.717) is 6.54 Å². The van der Waals surface area contributed by atoms with E-state index in [2.05, 4.69) is 5.16 Å². The number of nitrogens with two attached hydrogens (primary N) is 1. The molecule has 0 saturated carbocycles. The highest BCUT2D eigenvalue weighted by Gasteiger charge is 2.20. The van der Waals surface area contributed by atoms with E-state index >= 15 is 0 Å². The second-order valence-corrected chi connectivity index (χ2v) is 3.92. The molecule has 3 N–H and O–H groups in total. The molecule has 7 heteroatoms. The van der Waals surface area contributed by atoms with Gasteiger partial charge < -0.3 is 15.8 Å². The SMILES string of the molecule is CCN(C/C(N)=N/O)C(=O)c1cccc(Cl)c1F. The Balaban J connectivity index is 3.00. The van der Waals surface area contributed by atoms with Crippen molar-refractivity contribution in [1.82, 2.24) is 4.90 Å². The zero-order valence-corrected chi connectivity index (χ0v) is 10.5. The van der Waals surface area contributed by atoms with Gasteiger partial charge in [0.1, 0.15) is 0 Å². The van der Waals surface area contributed by atoms with Crippen molar-refractivity contribution < 1.29 is 14.4 Å². The molecule has 0 aromatic heterocycles. The second-order valence-electron chi connectivity index (χ2n) is 3.51. The topological polar surface area (TPSA) is 78.9 Å². The zero-order chi connectivity index (χ0) is 13.7. The third-order valence-corrected chi connectivity index (χ3v) is 2.62. The molecule has 1 aromatic rings. The average molecular weight is 274 g/mol. The number of likely N-dealkylation sites (N-methyl/N-ethyl adjacent to an activating group) is 1. The van der Waals surface area contributed by atoms with Crippen LogP contribution in [-0.4, -0.2) is 34.9 Å². The molecule has 0 aliphatic rings. The largest absolute Gasteiger partial charge is 0.409 e. The van der Waals surface area contributed by atoms with Crippen LogP contribution in [0.25, 0.3) is 0 Å². The molecular weight excluding hydrogens is 261 g/mol. The molecular formula is C11H13ClFN3O2. The van der Waals surface area contributed by atoms with Gasteiger partial charge in [0, 0.05) is 6.54 Å². The van der Waals surface area contributed by atoms with Gasteiger partial charge in [-0.1, -0.05) is 22.8 Å². The van der Waals surface area contributed by atoms with Gasteiger partial charge in [0.15, 0.2) is 11.7 Å². The minimum absolute atomic E-state index is 0.0855. The van der Waals surface area contributed by atoms with Crippen molar-refractivity contribution in [3.63, 3.8) is 0 Å². The first-order valence-corrected chi connectivity index (χ1v) is 5.58. The van der Waals surface area contributed by atoms with Crippen molar-refractivity contribution in [2.75, 3.05) is 13.1 Å². The lowest BCUT2D eigenvalue weighted by atomic mass is 10.2. The molecule has 0 aliphatic carbocycles. The van der Waals surface area contributed by atoms with E-state index in [-0.39, 0.29) is 23.0 Å². The predicted octanol–water partition coefficient (Wildman–Crippen LogP) is 1.69. The standard InChI is InChI=1S/C11H13ClFN3O2/c1-2-16(6-9(14)15-18)11(17)7-4-3-5-8(12)10(7)13/h3-5,18H,2,6H2,1H3,(H2,14,15). The van der Waals surface area contributed by atoms with Crippen LogP contribution < -0.4 is 5.73 Å². The van der Waals surface area contributed by atoms with Crippen LogP contribution in [0.4, 0.5) is 4.39 Å². The maximum atomic E-state index is 13.7. The van der Waals surface area contributed by atoms with Crippen molar-refractivity contribution >= 4 is 23.3 Å². The van der Waals surface area contributed by atoms with Gasteiger partial charge in [-0.3, -0.25) is 4.79 Å². The number of carbonyl (C=O) groups is 1. The summed E-state index contributed by atoms with van der Waals surface area (Å²) in [6.45, 7) is 1.91. The number of rotatable bonds is 4. The first kappa shape index (κ1) is 14.2. The normalized spacial score (nSPS) is 11.4. The smallest absolute Gasteiger partial charge is 0.257 e. The lowest BCUT2D eigenvalue weighted by Gasteiger charge is -2.20. The first-order valence-electron chi connectivity index (χ1n) is 5.21. The average Bonchev–Trinajstić information content (AvgIpc) is 2.38. The van der Waals surface area contributed by atoms with Crippen molar-refractivity contribution in [3.8, 4) is 0 Å². The minimum atomic E-state index is -0.776. The van der Waals surface area contributed by atoms with E-state index in [1.165, 1.54) is 23.1 Å². The fourth-order valence-corrected chi connectivity index (χ4v) is 1.57. The van der Waals surface area contributed by atoms with Crippen LogP contribution in [0.5, 0.6) is 0 Å². The summed E-state index contributed by atoms with van der Waals surface area (Å²) in [5.41, 5.74) is 5.18. The molecule has 0 fully saturated rings. The fraction of sp³-hybridized carbons (Fsp3) is 0.273. The lowest BCUT2D eigenvalue weighted by Crippen LogP contribution is -2.38. The summed E-state index contributed by atoms with van der Waals surface area (Å²) >= 11 is 5.60. The number of carbonyl (C=O) groups excluding carboxylic acids is 1. The zero-order valence-electron chi connectivity index (χ0n) is 9.73. The summed E-state index contributed by atoms with van der Waals surface area (Å²) in [6, 6.07) is 4.17. The Kier molecular flexibility index (Phi) is 4.91. The summed E-state index contributed by atoms with van der Waals surface area (Å²) in [4.78, 5) is 13.3. The highest BCUT2D eigenvalue weighted by molar-refractivity contribution is 6.31. The number of hydrogen-bond acceptors (Lipinski definition) is 3. The molecule has 18 heavy (non-hydrogen) atoms. The highest BCUT2D eigenvalue weighted by atomic mass is 35.5. The van der Waals surface area contributed by atoms with E-state index < -0.39 is 11.7 Å². The van der Waals surface area contributed by atoms with Gasteiger partial charge in [-0.15, -0.1) is 0 Å². The van der Waals surface area contributed by atoms with Crippen LogP contribution in [0.15, 0.2) is 23.4 Å². The summed E-state index contributed by atoms with van der Waals surface area (Å²) in [7, 11) is 0. The third kappa shape index (κ3) is 3.10. The van der Waals surface area contributed by atoms with E-state index in [1.807, 2.05) is 0 Å². The van der Waals surface area contributed by atoms with Crippen LogP contribution in [0.1, 0.15) is 17.3 Å². The molecule has 0 atom stereocenters. The van der Waals surface area contributed by atoms with Gasteiger partial charge in [-0.2, -0.15) is 0 Å². The maximum absolute atomic E-state index is 13.7. The second kappa shape index (κ2) is 6.20. The molecule has 1 amide bonds. The molecule has 0 saturated heterocycles. The van der Waals surface area contributed by atoms with Gasteiger partial charge >= 0.3 is 0 Å². The number of oxime groups is 1. The summed E-state index contributed by atoms with van der Waals surface area (Å²) in [5.74, 6) is -1.47. The number of nitrogens with zero attached hydrogens (tertiary/aromatic N) is 2. The van der Waals surface area contributed by atoms with Gasteiger partial charge in [-0.25, -0.2) is 4.39 Å². The van der Waals surface area contributed by atoms with Gasteiger partial charge in [0.25, 0.3) is 5.91 Å². The molecule has 5 nitrogen and oxygen atoms in total. The summed E-state index contributed by atoms with van der Waals surface area (Å²) in [5, 5.41) is 11.1. The van der Waals surface area contributed by atoms with Crippen molar-refractivity contribution in [2.24, 2.45) is 10.9 Å². The molecule has 0 heterocycles.